The van der Waals surface area contributed by atoms with E-state index in [0.29, 0.717) is 6.54 Å². The molecular formula is C21H20N2O2. The number of para-hydroxylation sites is 2. The molecule has 0 atom stereocenters. The molecule has 1 aromatic heterocycles. The van der Waals surface area contributed by atoms with Crippen molar-refractivity contribution in [3.63, 3.8) is 0 Å². The number of hydrogen-bond acceptors (Lipinski definition) is 2. The number of aromatic amines is 1. The normalized spacial score (nSPS) is 14.4. The molecule has 3 aromatic rings. The monoisotopic (exact) mass is 332 g/mol. The van der Waals surface area contributed by atoms with Gasteiger partial charge in [-0.2, -0.15) is 0 Å². The molecule has 0 radical (unpaired) electrons. The van der Waals surface area contributed by atoms with Gasteiger partial charge in [0.05, 0.1) is 0 Å². The fourth-order valence-corrected chi connectivity index (χ4v) is 3.23. The van der Waals surface area contributed by atoms with E-state index in [9.17, 15) is 4.79 Å². The van der Waals surface area contributed by atoms with Crippen LogP contribution in [0.2, 0.25) is 0 Å². The van der Waals surface area contributed by atoms with Gasteiger partial charge in [-0.25, -0.2) is 0 Å². The van der Waals surface area contributed by atoms with Gasteiger partial charge >= 0.3 is 0 Å². The topological polar surface area (TPSA) is 45.3 Å². The van der Waals surface area contributed by atoms with Gasteiger partial charge in [0.1, 0.15) is 5.75 Å². The highest BCUT2D eigenvalue weighted by Crippen LogP contribution is 2.29. The molecule has 1 aliphatic heterocycles. The summed E-state index contributed by atoms with van der Waals surface area (Å²) in [4.78, 5) is 17.5. The van der Waals surface area contributed by atoms with E-state index in [2.05, 4.69) is 35.5 Å². The average Bonchev–Trinajstić information content (AvgIpc) is 3.11. The van der Waals surface area contributed by atoms with Crippen molar-refractivity contribution in [3.8, 4) is 5.75 Å². The summed E-state index contributed by atoms with van der Waals surface area (Å²) < 4.78 is 5.56. The van der Waals surface area contributed by atoms with Crippen LogP contribution in [0.1, 0.15) is 12.0 Å². The summed E-state index contributed by atoms with van der Waals surface area (Å²) in [6.07, 6.45) is 5.07. The highest BCUT2D eigenvalue weighted by atomic mass is 16.5. The van der Waals surface area contributed by atoms with Crippen molar-refractivity contribution in [1.29, 1.82) is 0 Å². The van der Waals surface area contributed by atoms with E-state index in [1.807, 2.05) is 41.3 Å². The zero-order valence-corrected chi connectivity index (χ0v) is 13.9. The predicted molar refractivity (Wildman–Crippen MR) is 99.4 cm³/mol. The third-order valence-electron chi connectivity index (χ3n) is 4.60. The van der Waals surface area contributed by atoms with E-state index in [1.54, 1.807) is 0 Å². The van der Waals surface area contributed by atoms with Crippen molar-refractivity contribution in [2.24, 2.45) is 0 Å². The number of nitrogens with zero attached hydrogens (tertiary/aromatic N) is 1. The lowest BCUT2D eigenvalue weighted by atomic mass is 9.99. The number of fused-ring (bicyclic) bond motifs is 1. The van der Waals surface area contributed by atoms with Gasteiger partial charge in [-0.05, 0) is 30.2 Å². The van der Waals surface area contributed by atoms with Crippen LogP contribution in [0, 0.1) is 0 Å². The standard InChI is InChI=1S/C21H20N2O2/c24-21(15-25-17-6-2-1-3-7-17)23-12-10-16(11-13-23)19-14-22-20-9-5-4-8-18(19)20/h1-10,14,22H,11-13,15H2. The molecule has 2 aromatic carbocycles. The molecule has 4 nitrogen and oxygen atoms in total. The van der Waals surface area contributed by atoms with Crippen LogP contribution < -0.4 is 4.74 Å². The van der Waals surface area contributed by atoms with E-state index in [-0.39, 0.29) is 12.5 Å². The van der Waals surface area contributed by atoms with Gasteiger partial charge < -0.3 is 14.6 Å². The largest absolute Gasteiger partial charge is 0.484 e. The van der Waals surface area contributed by atoms with E-state index < -0.39 is 0 Å². The Morgan fingerprint density at radius 1 is 1.08 bits per heavy atom. The summed E-state index contributed by atoms with van der Waals surface area (Å²) in [5, 5.41) is 1.24. The van der Waals surface area contributed by atoms with Gasteiger partial charge in [-0.3, -0.25) is 4.79 Å². The van der Waals surface area contributed by atoms with Crippen LogP contribution in [0.4, 0.5) is 0 Å². The van der Waals surface area contributed by atoms with E-state index in [0.717, 1.165) is 24.2 Å². The van der Waals surface area contributed by atoms with Crippen LogP contribution in [0.25, 0.3) is 16.5 Å². The number of nitrogens with one attached hydrogen (secondary N) is 1. The fraction of sp³-hybridized carbons (Fsp3) is 0.190. The molecule has 0 fully saturated rings. The van der Waals surface area contributed by atoms with Gasteiger partial charge in [0, 0.05) is 35.8 Å². The molecule has 0 saturated carbocycles. The Balaban J connectivity index is 1.41. The second kappa shape index (κ2) is 6.85. The summed E-state index contributed by atoms with van der Waals surface area (Å²) in [5.74, 6) is 0.751. The van der Waals surface area contributed by atoms with E-state index in [4.69, 9.17) is 4.74 Å². The summed E-state index contributed by atoms with van der Waals surface area (Å²) >= 11 is 0. The molecule has 1 amide bonds. The third-order valence-corrected chi connectivity index (χ3v) is 4.60. The number of amides is 1. The molecule has 4 heteroatoms. The molecule has 0 saturated heterocycles. The Hall–Kier alpha value is -3.01. The van der Waals surface area contributed by atoms with E-state index in [1.165, 1.54) is 16.5 Å². The minimum absolute atomic E-state index is 0.0260. The smallest absolute Gasteiger partial charge is 0.260 e. The fourth-order valence-electron chi connectivity index (χ4n) is 3.23. The van der Waals surface area contributed by atoms with Crippen molar-refractivity contribution in [3.05, 3.63) is 72.4 Å². The zero-order chi connectivity index (χ0) is 17.1. The Morgan fingerprint density at radius 3 is 2.68 bits per heavy atom. The first-order valence-electron chi connectivity index (χ1n) is 8.52. The van der Waals surface area contributed by atoms with Gasteiger partial charge in [0.2, 0.25) is 0 Å². The first-order valence-corrected chi connectivity index (χ1v) is 8.52. The second-order valence-electron chi connectivity index (χ2n) is 6.17. The first kappa shape index (κ1) is 15.5. The van der Waals surface area contributed by atoms with Crippen molar-refractivity contribution < 1.29 is 9.53 Å². The molecule has 1 N–H and O–H groups in total. The predicted octanol–water partition coefficient (Wildman–Crippen LogP) is 3.86. The molecule has 2 heterocycles. The Labute approximate surface area is 146 Å². The highest BCUT2D eigenvalue weighted by Gasteiger charge is 2.19. The number of carbonyl (C=O) groups excluding carboxylic acids is 1. The van der Waals surface area contributed by atoms with E-state index >= 15 is 0 Å². The number of ether oxygens (including phenoxy) is 1. The van der Waals surface area contributed by atoms with Crippen molar-refractivity contribution in [2.75, 3.05) is 19.7 Å². The third kappa shape index (κ3) is 3.29. The molecule has 0 bridgehead atoms. The SMILES string of the molecule is O=C(COc1ccccc1)N1CC=C(c2c[nH]c3ccccc23)CC1. The lowest BCUT2D eigenvalue weighted by Crippen LogP contribution is -2.37. The van der Waals surface area contributed by atoms with Gasteiger partial charge in [-0.1, -0.05) is 42.5 Å². The summed E-state index contributed by atoms with van der Waals surface area (Å²) in [6, 6.07) is 17.7. The molecule has 0 unspecified atom stereocenters. The zero-order valence-electron chi connectivity index (χ0n) is 13.9. The number of benzene rings is 2. The summed E-state index contributed by atoms with van der Waals surface area (Å²) in [5.41, 5.74) is 3.68. The summed E-state index contributed by atoms with van der Waals surface area (Å²) in [7, 11) is 0. The second-order valence-corrected chi connectivity index (χ2v) is 6.17. The molecule has 25 heavy (non-hydrogen) atoms. The molecule has 0 aliphatic carbocycles. The van der Waals surface area contributed by atoms with Gasteiger partial charge in [0.25, 0.3) is 5.91 Å². The number of carbonyl (C=O) groups is 1. The molecular weight excluding hydrogens is 312 g/mol. The number of hydrogen-bond donors (Lipinski definition) is 1. The maximum absolute atomic E-state index is 12.3. The lowest BCUT2D eigenvalue weighted by Gasteiger charge is -2.26. The summed E-state index contributed by atoms with van der Waals surface area (Å²) in [6.45, 7) is 1.44. The number of aromatic nitrogens is 1. The molecule has 4 rings (SSSR count). The Morgan fingerprint density at radius 2 is 1.88 bits per heavy atom. The number of rotatable bonds is 4. The molecule has 126 valence electrons. The maximum Gasteiger partial charge on any atom is 0.260 e. The van der Waals surface area contributed by atoms with Gasteiger partial charge in [-0.15, -0.1) is 0 Å². The van der Waals surface area contributed by atoms with Crippen LogP contribution in [-0.2, 0) is 4.79 Å². The quantitative estimate of drug-likeness (QED) is 0.788. The molecule has 0 spiro atoms. The lowest BCUT2D eigenvalue weighted by molar-refractivity contribution is -0.132. The van der Waals surface area contributed by atoms with Crippen molar-refractivity contribution >= 4 is 22.4 Å². The molecule has 1 aliphatic rings. The van der Waals surface area contributed by atoms with Crippen LogP contribution in [0.5, 0.6) is 5.75 Å². The number of H-pyrrole nitrogens is 1. The van der Waals surface area contributed by atoms with Gasteiger partial charge in [0.15, 0.2) is 6.61 Å². The van der Waals surface area contributed by atoms with Crippen LogP contribution in [-0.4, -0.2) is 35.5 Å². The minimum Gasteiger partial charge on any atom is -0.484 e. The van der Waals surface area contributed by atoms with Crippen LogP contribution >= 0.6 is 0 Å². The highest BCUT2D eigenvalue weighted by molar-refractivity contribution is 5.93. The maximum atomic E-state index is 12.3. The Kier molecular flexibility index (Phi) is 4.25. The average molecular weight is 332 g/mol. The van der Waals surface area contributed by atoms with Crippen LogP contribution in [0.3, 0.4) is 0 Å². The van der Waals surface area contributed by atoms with Crippen molar-refractivity contribution in [2.45, 2.75) is 6.42 Å². The van der Waals surface area contributed by atoms with Crippen molar-refractivity contribution in [1.82, 2.24) is 9.88 Å². The minimum atomic E-state index is 0.0260. The van der Waals surface area contributed by atoms with Crippen LogP contribution in [0.15, 0.2) is 66.9 Å². The Bertz CT molecular complexity index is 912. The first-order chi connectivity index (χ1) is 12.3.